The molecule has 2 aromatic rings. The van der Waals surface area contributed by atoms with E-state index in [9.17, 15) is 17.6 Å². The molecule has 0 heterocycles. The fraction of sp³-hybridized carbons (Fsp3) is 0.0769. The molecule has 0 unspecified atom stereocenters. The molecule has 0 aliphatic heterocycles. The first-order valence-electron chi connectivity index (χ1n) is 5.21. The van der Waals surface area contributed by atoms with Gasteiger partial charge in [-0.3, -0.25) is 0 Å². The van der Waals surface area contributed by atoms with Gasteiger partial charge in [-0.1, -0.05) is 23.7 Å². The summed E-state index contributed by atoms with van der Waals surface area (Å²) in [6.07, 6.45) is -4.75. The normalized spacial score (nSPS) is 11.6. The maximum absolute atomic E-state index is 13.2. The smallest absolute Gasteiger partial charge is 0.398 e. The van der Waals surface area contributed by atoms with Gasteiger partial charge >= 0.3 is 6.18 Å². The molecule has 0 atom stereocenters. The molecule has 2 rings (SSSR count). The molecule has 19 heavy (non-hydrogen) atoms. The van der Waals surface area contributed by atoms with Crippen LogP contribution >= 0.6 is 11.6 Å². The second-order valence-electron chi connectivity index (χ2n) is 3.92. The van der Waals surface area contributed by atoms with Crippen LogP contribution in [0.3, 0.4) is 0 Å². The van der Waals surface area contributed by atoms with Crippen molar-refractivity contribution in [3.05, 3.63) is 52.8 Å². The molecular weight excluding hydrogens is 282 g/mol. The van der Waals surface area contributed by atoms with Gasteiger partial charge in [0.05, 0.1) is 5.56 Å². The SMILES string of the molecule is Nc1cc(Cl)ccc1-c1ccc(F)c(C(F)(F)F)c1. The van der Waals surface area contributed by atoms with E-state index in [4.69, 9.17) is 17.3 Å². The average Bonchev–Trinajstić information content (AvgIpc) is 2.29. The molecule has 0 fully saturated rings. The van der Waals surface area contributed by atoms with Crippen molar-refractivity contribution in [2.45, 2.75) is 6.18 Å². The lowest BCUT2D eigenvalue weighted by atomic mass is 10.0. The van der Waals surface area contributed by atoms with Gasteiger partial charge in [0.15, 0.2) is 0 Å². The van der Waals surface area contributed by atoms with Gasteiger partial charge in [0.25, 0.3) is 0 Å². The van der Waals surface area contributed by atoms with Crippen LogP contribution in [-0.2, 0) is 6.18 Å². The quantitative estimate of drug-likeness (QED) is 0.595. The molecule has 2 aromatic carbocycles. The molecule has 6 heteroatoms. The van der Waals surface area contributed by atoms with Gasteiger partial charge in [0.2, 0.25) is 0 Å². The van der Waals surface area contributed by atoms with Crippen LogP contribution in [0.5, 0.6) is 0 Å². The Balaban J connectivity index is 2.58. The summed E-state index contributed by atoms with van der Waals surface area (Å²) in [6, 6.07) is 7.16. The third kappa shape index (κ3) is 2.81. The van der Waals surface area contributed by atoms with E-state index in [1.807, 2.05) is 0 Å². The maximum atomic E-state index is 13.2. The lowest BCUT2D eigenvalue weighted by molar-refractivity contribution is -0.139. The summed E-state index contributed by atoms with van der Waals surface area (Å²) in [7, 11) is 0. The van der Waals surface area contributed by atoms with Gasteiger partial charge in [-0.05, 0) is 29.8 Å². The van der Waals surface area contributed by atoms with Crippen LogP contribution in [0.4, 0.5) is 23.2 Å². The Morgan fingerprint density at radius 2 is 1.68 bits per heavy atom. The minimum absolute atomic E-state index is 0.183. The molecule has 1 nitrogen and oxygen atoms in total. The molecule has 0 aliphatic carbocycles. The highest BCUT2D eigenvalue weighted by atomic mass is 35.5. The largest absolute Gasteiger partial charge is 0.419 e. The van der Waals surface area contributed by atoms with Crippen LogP contribution < -0.4 is 5.73 Å². The summed E-state index contributed by atoms with van der Waals surface area (Å²) in [5, 5.41) is 0.374. The van der Waals surface area contributed by atoms with Crippen LogP contribution in [0.15, 0.2) is 36.4 Å². The van der Waals surface area contributed by atoms with Crippen molar-refractivity contribution >= 4 is 17.3 Å². The predicted molar refractivity (Wildman–Crippen MR) is 66.3 cm³/mol. The fourth-order valence-corrected chi connectivity index (χ4v) is 1.89. The molecule has 2 N–H and O–H groups in total. The Kier molecular flexibility index (Phi) is 3.41. The van der Waals surface area contributed by atoms with Gasteiger partial charge in [-0.15, -0.1) is 0 Å². The van der Waals surface area contributed by atoms with Gasteiger partial charge < -0.3 is 5.73 Å². The van der Waals surface area contributed by atoms with Crippen LogP contribution in [0.2, 0.25) is 5.02 Å². The highest BCUT2D eigenvalue weighted by Crippen LogP contribution is 2.36. The number of hydrogen-bond donors (Lipinski definition) is 1. The summed E-state index contributed by atoms with van der Waals surface area (Å²) >= 11 is 5.71. The maximum Gasteiger partial charge on any atom is 0.419 e. The third-order valence-electron chi connectivity index (χ3n) is 2.60. The summed E-state index contributed by atoms with van der Waals surface area (Å²) in [4.78, 5) is 0. The lowest BCUT2D eigenvalue weighted by Crippen LogP contribution is -2.08. The van der Waals surface area contributed by atoms with Gasteiger partial charge in [-0.25, -0.2) is 4.39 Å². The molecule has 0 saturated heterocycles. The Hall–Kier alpha value is -1.75. The minimum Gasteiger partial charge on any atom is -0.398 e. The second-order valence-corrected chi connectivity index (χ2v) is 4.36. The number of anilines is 1. The number of halogens is 5. The van der Waals surface area contributed by atoms with E-state index < -0.39 is 17.6 Å². The molecule has 0 radical (unpaired) electrons. The first-order chi connectivity index (χ1) is 8.79. The number of alkyl halides is 3. The van der Waals surface area contributed by atoms with Gasteiger partial charge in [0, 0.05) is 16.3 Å². The van der Waals surface area contributed by atoms with Crippen molar-refractivity contribution in [1.82, 2.24) is 0 Å². The molecule has 0 aliphatic rings. The van der Waals surface area contributed by atoms with E-state index >= 15 is 0 Å². The molecule has 0 saturated carbocycles. The average molecular weight is 290 g/mol. The van der Waals surface area contributed by atoms with Crippen LogP contribution in [-0.4, -0.2) is 0 Å². The number of hydrogen-bond acceptors (Lipinski definition) is 1. The first-order valence-corrected chi connectivity index (χ1v) is 5.59. The summed E-state index contributed by atoms with van der Waals surface area (Å²) < 4.78 is 51.0. The van der Waals surface area contributed by atoms with Crippen LogP contribution in [0, 0.1) is 5.82 Å². The summed E-state index contributed by atoms with van der Waals surface area (Å²) in [5.41, 5.74) is 5.15. The fourth-order valence-electron chi connectivity index (χ4n) is 1.71. The molecule has 0 bridgehead atoms. The number of nitrogen functional groups attached to an aromatic ring is 1. The van der Waals surface area contributed by atoms with E-state index in [1.54, 1.807) is 0 Å². The van der Waals surface area contributed by atoms with E-state index in [0.29, 0.717) is 10.6 Å². The van der Waals surface area contributed by atoms with E-state index in [1.165, 1.54) is 24.3 Å². The molecule has 0 amide bonds. The van der Waals surface area contributed by atoms with Gasteiger partial charge in [-0.2, -0.15) is 13.2 Å². The topological polar surface area (TPSA) is 26.0 Å². The first kappa shape index (κ1) is 13.7. The number of nitrogens with two attached hydrogens (primary N) is 1. The van der Waals surface area contributed by atoms with Crippen molar-refractivity contribution in [3.8, 4) is 11.1 Å². The van der Waals surface area contributed by atoms with Crippen molar-refractivity contribution in [2.24, 2.45) is 0 Å². The lowest BCUT2D eigenvalue weighted by Gasteiger charge is -2.11. The monoisotopic (exact) mass is 289 g/mol. The zero-order chi connectivity index (χ0) is 14.2. The molecule has 100 valence electrons. The Labute approximate surface area is 111 Å². The highest BCUT2D eigenvalue weighted by molar-refractivity contribution is 6.31. The zero-order valence-corrected chi connectivity index (χ0v) is 10.2. The van der Waals surface area contributed by atoms with Gasteiger partial charge in [0.1, 0.15) is 5.82 Å². The minimum atomic E-state index is -4.75. The predicted octanol–water partition coefficient (Wildman–Crippen LogP) is 4.75. The highest BCUT2D eigenvalue weighted by Gasteiger charge is 2.34. The van der Waals surface area contributed by atoms with Crippen molar-refractivity contribution in [3.63, 3.8) is 0 Å². The van der Waals surface area contributed by atoms with Crippen molar-refractivity contribution < 1.29 is 17.6 Å². The Morgan fingerprint density at radius 1 is 1.00 bits per heavy atom. The Morgan fingerprint density at radius 3 is 2.26 bits per heavy atom. The Bertz CT molecular complexity index is 623. The molecular formula is C13H8ClF4N. The van der Waals surface area contributed by atoms with Crippen molar-refractivity contribution in [1.29, 1.82) is 0 Å². The van der Waals surface area contributed by atoms with Crippen LogP contribution in [0.25, 0.3) is 11.1 Å². The summed E-state index contributed by atoms with van der Waals surface area (Å²) in [5.74, 6) is -1.32. The van der Waals surface area contributed by atoms with E-state index in [2.05, 4.69) is 0 Å². The summed E-state index contributed by atoms with van der Waals surface area (Å²) in [6.45, 7) is 0. The number of rotatable bonds is 1. The van der Waals surface area contributed by atoms with E-state index in [-0.39, 0.29) is 11.3 Å². The molecule has 0 aromatic heterocycles. The van der Waals surface area contributed by atoms with Crippen molar-refractivity contribution in [2.75, 3.05) is 5.73 Å². The molecule has 0 spiro atoms. The zero-order valence-electron chi connectivity index (χ0n) is 9.43. The second kappa shape index (κ2) is 4.74. The standard InChI is InChI=1S/C13H8ClF4N/c14-8-2-3-9(12(19)6-8)7-1-4-11(15)10(5-7)13(16,17)18/h1-6H,19H2. The van der Waals surface area contributed by atoms with E-state index in [0.717, 1.165) is 12.1 Å². The number of benzene rings is 2. The third-order valence-corrected chi connectivity index (χ3v) is 2.83. The van der Waals surface area contributed by atoms with Crippen LogP contribution in [0.1, 0.15) is 5.56 Å².